The molecule has 1 aromatic carbocycles. The van der Waals surface area contributed by atoms with E-state index in [4.69, 9.17) is 28.9 Å². The highest BCUT2D eigenvalue weighted by Gasteiger charge is 2.25. The van der Waals surface area contributed by atoms with E-state index >= 15 is 0 Å². The normalized spacial score (nSPS) is 16.9. The molecule has 2 nitrogen and oxygen atoms in total. The zero-order chi connectivity index (χ0) is 11.0. The van der Waals surface area contributed by atoms with E-state index in [1.165, 1.54) is 0 Å². The summed E-state index contributed by atoms with van der Waals surface area (Å²) in [4.78, 5) is 4.28. The Morgan fingerprint density at radius 3 is 2.60 bits per heavy atom. The molecule has 15 heavy (non-hydrogen) atoms. The minimum Gasteiger partial charge on any atom is -0.387 e. The molecule has 0 radical (unpaired) electrons. The van der Waals surface area contributed by atoms with Crippen LogP contribution >= 0.6 is 39.1 Å². The number of amidine groups is 1. The number of nitrogens with two attached hydrogens (primary N) is 1. The van der Waals surface area contributed by atoms with Gasteiger partial charge in [0.05, 0.1) is 15.7 Å². The van der Waals surface area contributed by atoms with Gasteiger partial charge in [-0.25, -0.2) is 4.99 Å². The molecule has 0 amide bonds. The first-order valence-electron chi connectivity index (χ1n) is 4.57. The number of hydrogen-bond donors (Lipinski definition) is 1. The van der Waals surface area contributed by atoms with Gasteiger partial charge in [0.15, 0.2) is 0 Å². The van der Waals surface area contributed by atoms with E-state index in [1.54, 1.807) is 6.07 Å². The van der Waals surface area contributed by atoms with Crippen molar-refractivity contribution in [1.82, 2.24) is 0 Å². The van der Waals surface area contributed by atoms with Gasteiger partial charge in [0.1, 0.15) is 5.84 Å². The average molecular weight is 308 g/mol. The predicted molar refractivity (Wildman–Crippen MR) is 68.2 cm³/mol. The van der Waals surface area contributed by atoms with Crippen molar-refractivity contribution >= 4 is 50.7 Å². The molecule has 2 N–H and O–H groups in total. The fourth-order valence-electron chi connectivity index (χ4n) is 1.21. The van der Waals surface area contributed by atoms with Gasteiger partial charge in [0, 0.05) is 10.4 Å². The number of halogens is 3. The summed E-state index contributed by atoms with van der Waals surface area (Å²) >= 11 is 15.3. The van der Waals surface area contributed by atoms with Crippen LogP contribution in [0, 0.1) is 5.92 Å². The van der Waals surface area contributed by atoms with Crippen LogP contribution in [0.25, 0.3) is 0 Å². The van der Waals surface area contributed by atoms with Gasteiger partial charge >= 0.3 is 0 Å². The summed E-state index contributed by atoms with van der Waals surface area (Å²) in [6, 6.07) is 3.61. The number of nitrogens with zero attached hydrogens (tertiary/aromatic N) is 1. The molecule has 1 saturated carbocycles. The zero-order valence-corrected chi connectivity index (χ0v) is 10.9. The Bertz CT molecular complexity index is 428. The van der Waals surface area contributed by atoms with Crippen LogP contribution in [-0.2, 0) is 0 Å². The predicted octanol–water partition coefficient (Wildman–Crippen LogP) is 4.15. The Balaban J connectivity index is 2.36. The van der Waals surface area contributed by atoms with Crippen molar-refractivity contribution in [2.45, 2.75) is 12.8 Å². The molecule has 2 rings (SSSR count). The second-order valence-corrected chi connectivity index (χ2v) is 5.12. The summed E-state index contributed by atoms with van der Waals surface area (Å²) in [5, 5.41) is 0.913. The van der Waals surface area contributed by atoms with Gasteiger partial charge in [0.2, 0.25) is 0 Å². The van der Waals surface area contributed by atoms with Gasteiger partial charge in [-0.15, -0.1) is 0 Å². The van der Waals surface area contributed by atoms with Crippen molar-refractivity contribution in [3.05, 3.63) is 26.7 Å². The van der Waals surface area contributed by atoms with Crippen LogP contribution in [0.3, 0.4) is 0 Å². The van der Waals surface area contributed by atoms with Crippen LogP contribution in [0.1, 0.15) is 12.8 Å². The van der Waals surface area contributed by atoms with Crippen molar-refractivity contribution in [3.8, 4) is 0 Å². The molecular weight excluding hydrogens is 299 g/mol. The summed E-state index contributed by atoms with van der Waals surface area (Å²) < 4.78 is 0.762. The second kappa shape index (κ2) is 4.32. The summed E-state index contributed by atoms with van der Waals surface area (Å²) in [6.45, 7) is 0. The van der Waals surface area contributed by atoms with Crippen LogP contribution in [0.15, 0.2) is 21.6 Å². The lowest BCUT2D eigenvalue weighted by molar-refractivity contribution is 1.15. The molecule has 0 heterocycles. The standard InChI is InChI=1S/C10H9BrCl2N2/c11-6-3-4-7(9(13)8(6)12)15-10(14)5-1-2-5/h3-5H,1-2H2,(H2,14,15). The summed E-state index contributed by atoms with van der Waals surface area (Å²) in [7, 11) is 0. The Morgan fingerprint density at radius 2 is 2.00 bits per heavy atom. The number of aliphatic imine (C=N–C) groups is 1. The molecule has 0 aromatic heterocycles. The van der Waals surface area contributed by atoms with Gasteiger partial charge in [-0.05, 0) is 40.9 Å². The monoisotopic (exact) mass is 306 g/mol. The minimum absolute atomic E-state index is 0.434. The Morgan fingerprint density at radius 1 is 1.33 bits per heavy atom. The fraction of sp³-hybridized carbons (Fsp3) is 0.300. The van der Waals surface area contributed by atoms with Crippen molar-refractivity contribution in [3.63, 3.8) is 0 Å². The van der Waals surface area contributed by atoms with Gasteiger partial charge in [-0.1, -0.05) is 23.2 Å². The van der Waals surface area contributed by atoms with Crippen molar-refractivity contribution in [1.29, 1.82) is 0 Å². The zero-order valence-electron chi connectivity index (χ0n) is 7.80. The first kappa shape index (κ1) is 11.2. The molecule has 0 spiro atoms. The number of hydrogen-bond acceptors (Lipinski definition) is 1. The Kier molecular flexibility index (Phi) is 3.24. The highest BCUT2D eigenvalue weighted by atomic mass is 79.9. The molecule has 1 aliphatic carbocycles. The first-order chi connectivity index (χ1) is 7.09. The SMILES string of the molecule is NC(=Nc1ccc(Br)c(Cl)c1Cl)C1CC1. The third-order valence-corrected chi connectivity index (χ3v) is 4.02. The molecule has 1 aliphatic rings. The van der Waals surface area contributed by atoms with E-state index in [0.717, 1.165) is 17.3 Å². The minimum atomic E-state index is 0.434. The molecule has 1 aromatic rings. The van der Waals surface area contributed by atoms with Gasteiger partial charge in [-0.2, -0.15) is 0 Å². The van der Waals surface area contributed by atoms with Crippen LogP contribution in [-0.4, -0.2) is 5.84 Å². The number of rotatable bonds is 2. The maximum absolute atomic E-state index is 6.04. The van der Waals surface area contributed by atoms with E-state index in [1.807, 2.05) is 6.07 Å². The summed E-state index contributed by atoms with van der Waals surface area (Å²) in [6.07, 6.45) is 2.24. The van der Waals surface area contributed by atoms with Crippen molar-refractivity contribution in [2.75, 3.05) is 0 Å². The Labute approximate surface area is 107 Å². The molecule has 0 saturated heterocycles. The third kappa shape index (κ3) is 2.47. The molecule has 0 unspecified atom stereocenters. The van der Waals surface area contributed by atoms with Crippen molar-refractivity contribution in [2.24, 2.45) is 16.6 Å². The quantitative estimate of drug-likeness (QED) is 0.497. The molecule has 0 bridgehead atoms. The fourth-order valence-corrected chi connectivity index (χ4v) is 2.02. The molecule has 5 heteroatoms. The first-order valence-corrected chi connectivity index (χ1v) is 6.12. The summed E-state index contributed by atoms with van der Waals surface area (Å²) in [5.74, 6) is 1.08. The van der Waals surface area contributed by atoms with Crippen LogP contribution in [0.4, 0.5) is 5.69 Å². The lowest BCUT2D eigenvalue weighted by Gasteiger charge is -2.04. The molecule has 0 atom stereocenters. The van der Waals surface area contributed by atoms with E-state index < -0.39 is 0 Å². The van der Waals surface area contributed by atoms with E-state index in [9.17, 15) is 0 Å². The van der Waals surface area contributed by atoms with Crippen LogP contribution < -0.4 is 5.73 Å². The second-order valence-electron chi connectivity index (χ2n) is 3.51. The Hall–Kier alpha value is -0.250. The van der Waals surface area contributed by atoms with E-state index in [2.05, 4.69) is 20.9 Å². The highest BCUT2D eigenvalue weighted by Crippen LogP contribution is 2.38. The third-order valence-electron chi connectivity index (χ3n) is 2.26. The maximum atomic E-state index is 6.04. The van der Waals surface area contributed by atoms with E-state index in [0.29, 0.717) is 27.5 Å². The van der Waals surface area contributed by atoms with E-state index in [-0.39, 0.29) is 0 Å². The van der Waals surface area contributed by atoms with Gasteiger partial charge < -0.3 is 5.73 Å². The van der Waals surface area contributed by atoms with Gasteiger partial charge in [-0.3, -0.25) is 0 Å². The molecule has 0 aliphatic heterocycles. The van der Waals surface area contributed by atoms with Gasteiger partial charge in [0.25, 0.3) is 0 Å². The van der Waals surface area contributed by atoms with Crippen LogP contribution in [0.2, 0.25) is 10.0 Å². The molecule has 80 valence electrons. The average Bonchev–Trinajstić information content (AvgIpc) is 3.02. The molecule has 1 fully saturated rings. The highest BCUT2D eigenvalue weighted by molar-refractivity contribution is 9.10. The largest absolute Gasteiger partial charge is 0.387 e. The molecular formula is C10H9BrCl2N2. The summed E-state index contributed by atoms with van der Waals surface area (Å²) in [5.41, 5.74) is 6.44. The maximum Gasteiger partial charge on any atom is 0.103 e. The van der Waals surface area contributed by atoms with Crippen LogP contribution in [0.5, 0.6) is 0 Å². The smallest absolute Gasteiger partial charge is 0.103 e. The number of benzene rings is 1. The lowest BCUT2D eigenvalue weighted by atomic mass is 10.3. The van der Waals surface area contributed by atoms with Crippen molar-refractivity contribution < 1.29 is 0 Å². The topological polar surface area (TPSA) is 38.4 Å². The lowest BCUT2D eigenvalue weighted by Crippen LogP contribution is -2.13.